The fourth-order valence-corrected chi connectivity index (χ4v) is 0.489. The topological polar surface area (TPSA) is 17.1 Å². The van der Waals surface area contributed by atoms with E-state index >= 15 is 0 Å². The minimum atomic E-state index is -0.368. The summed E-state index contributed by atoms with van der Waals surface area (Å²) in [6, 6.07) is 0. The molecule has 0 heterocycles. The van der Waals surface area contributed by atoms with Gasteiger partial charge in [0, 0.05) is 5.33 Å². The first kappa shape index (κ1) is 8.63. The summed E-state index contributed by atoms with van der Waals surface area (Å²) < 4.78 is -0.368. The van der Waals surface area contributed by atoms with Gasteiger partial charge in [-0.25, -0.2) is 0 Å². The van der Waals surface area contributed by atoms with E-state index in [2.05, 4.69) is 31.9 Å². The van der Waals surface area contributed by atoms with Crippen LogP contribution in [-0.4, -0.2) is 15.4 Å². The summed E-state index contributed by atoms with van der Waals surface area (Å²) in [5.74, 6) is 0.148. The number of carbonyl (C=O) groups is 1. The highest BCUT2D eigenvalue weighted by atomic mass is 79.9. The molecule has 0 aliphatic rings. The summed E-state index contributed by atoms with van der Waals surface area (Å²) in [4.78, 5) is 10.6. The van der Waals surface area contributed by atoms with Crippen molar-refractivity contribution in [1.82, 2.24) is 0 Å². The van der Waals surface area contributed by atoms with Crippen LogP contribution in [-0.2, 0) is 4.79 Å². The summed E-state index contributed by atoms with van der Waals surface area (Å²) in [5, 5.41) is 0.662. The van der Waals surface area contributed by atoms with Gasteiger partial charge in [-0.05, 0) is 13.8 Å². The largest absolute Gasteiger partial charge is 0.298 e. The maximum Gasteiger partial charge on any atom is 0.147 e. The number of hydrogen-bond acceptors (Lipinski definition) is 1. The molecule has 0 aliphatic carbocycles. The molecule has 0 radical (unpaired) electrons. The summed E-state index contributed by atoms with van der Waals surface area (Å²) in [7, 11) is 0. The number of halogens is 2. The minimum Gasteiger partial charge on any atom is -0.298 e. The monoisotopic (exact) mass is 242 g/mol. The molecule has 1 unspecified atom stereocenters. The molecule has 3 heteroatoms. The van der Waals surface area contributed by atoms with Crippen molar-refractivity contribution in [3.63, 3.8) is 0 Å². The number of alkyl halides is 2. The molecule has 0 spiro atoms. The molecule has 8 heavy (non-hydrogen) atoms. The highest BCUT2D eigenvalue weighted by Gasteiger charge is 2.23. The van der Waals surface area contributed by atoms with Crippen LogP contribution < -0.4 is 0 Å². The zero-order chi connectivity index (χ0) is 6.78. The van der Waals surface area contributed by atoms with E-state index in [0.29, 0.717) is 5.33 Å². The molecule has 1 atom stereocenters. The third-order valence-corrected chi connectivity index (χ3v) is 3.70. The Morgan fingerprint density at radius 1 is 1.75 bits per heavy atom. The van der Waals surface area contributed by atoms with E-state index in [1.54, 1.807) is 6.92 Å². The first-order valence-electron chi connectivity index (χ1n) is 2.26. The molecule has 0 aromatic heterocycles. The van der Waals surface area contributed by atoms with Gasteiger partial charge in [0.2, 0.25) is 0 Å². The zero-order valence-corrected chi connectivity index (χ0v) is 8.04. The lowest BCUT2D eigenvalue weighted by Crippen LogP contribution is -2.26. The van der Waals surface area contributed by atoms with Gasteiger partial charge in [-0.15, -0.1) is 0 Å². The second kappa shape index (κ2) is 2.97. The first-order valence-corrected chi connectivity index (χ1v) is 4.18. The maximum absolute atomic E-state index is 10.6. The molecule has 0 amide bonds. The normalized spacial score (nSPS) is 17.5. The van der Waals surface area contributed by atoms with Crippen molar-refractivity contribution in [1.29, 1.82) is 0 Å². The van der Waals surface area contributed by atoms with Gasteiger partial charge in [0.05, 0.1) is 4.32 Å². The van der Waals surface area contributed by atoms with Gasteiger partial charge in [-0.2, -0.15) is 0 Å². The van der Waals surface area contributed by atoms with Crippen LogP contribution in [0.2, 0.25) is 0 Å². The quantitative estimate of drug-likeness (QED) is 0.680. The van der Waals surface area contributed by atoms with Crippen LogP contribution in [0.5, 0.6) is 0 Å². The molecule has 0 saturated heterocycles. The minimum absolute atomic E-state index is 0.148. The Bertz CT molecular complexity index is 98.6. The van der Waals surface area contributed by atoms with E-state index < -0.39 is 0 Å². The van der Waals surface area contributed by atoms with Crippen LogP contribution in [0.15, 0.2) is 0 Å². The lowest BCUT2D eigenvalue weighted by molar-refractivity contribution is -0.118. The molecule has 48 valence electrons. The number of carbonyl (C=O) groups excluding carboxylic acids is 1. The standard InChI is InChI=1S/C5H8Br2O/c1-4(8)5(2,7)3-6/h3H2,1-2H3. The average Bonchev–Trinajstić information content (AvgIpc) is 1.67. The fourth-order valence-electron chi connectivity index (χ4n) is 0.0941. The summed E-state index contributed by atoms with van der Waals surface area (Å²) in [5.41, 5.74) is 0. The molecular weight excluding hydrogens is 236 g/mol. The van der Waals surface area contributed by atoms with Crippen molar-refractivity contribution < 1.29 is 4.79 Å². The second-order valence-corrected chi connectivity index (χ2v) is 4.20. The Balaban J connectivity index is 3.91. The van der Waals surface area contributed by atoms with E-state index in [-0.39, 0.29) is 10.1 Å². The van der Waals surface area contributed by atoms with Crippen LogP contribution in [0.3, 0.4) is 0 Å². The van der Waals surface area contributed by atoms with Crippen molar-refractivity contribution >= 4 is 37.6 Å². The van der Waals surface area contributed by atoms with Crippen molar-refractivity contribution in [3.05, 3.63) is 0 Å². The number of rotatable bonds is 2. The summed E-state index contributed by atoms with van der Waals surface area (Å²) >= 11 is 6.45. The van der Waals surface area contributed by atoms with E-state index in [1.165, 1.54) is 0 Å². The average molecular weight is 244 g/mol. The molecule has 0 N–H and O–H groups in total. The van der Waals surface area contributed by atoms with Crippen LogP contribution in [0, 0.1) is 0 Å². The molecule has 0 bridgehead atoms. The Morgan fingerprint density at radius 2 is 2.12 bits per heavy atom. The highest BCUT2D eigenvalue weighted by molar-refractivity contribution is 9.12. The summed E-state index contributed by atoms with van der Waals surface area (Å²) in [6.07, 6.45) is 0. The second-order valence-electron chi connectivity index (χ2n) is 1.89. The third kappa shape index (κ3) is 2.27. The first-order chi connectivity index (χ1) is 3.50. The molecule has 0 fully saturated rings. The van der Waals surface area contributed by atoms with Crippen molar-refractivity contribution in [2.75, 3.05) is 5.33 Å². The molecule has 0 aliphatic heterocycles. The zero-order valence-electron chi connectivity index (χ0n) is 4.87. The van der Waals surface area contributed by atoms with Crippen LogP contribution in [0.25, 0.3) is 0 Å². The van der Waals surface area contributed by atoms with Gasteiger partial charge in [-0.3, -0.25) is 4.79 Å². The summed E-state index contributed by atoms with van der Waals surface area (Å²) in [6.45, 7) is 3.40. The van der Waals surface area contributed by atoms with E-state index in [0.717, 1.165) is 0 Å². The molecular formula is C5H8Br2O. The Morgan fingerprint density at radius 3 is 2.12 bits per heavy atom. The van der Waals surface area contributed by atoms with Gasteiger partial charge >= 0.3 is 0 Å². The molecule has 0 rings (SSSR count). The van der Waals surface area contributed by atoms with Gasteiger partial charge in [0.15, 0.2) is 0 Å². The lowest BCUT2D eigenvalue weighted by Gasteiger charge is -2.13. The SMILES string of the molecule is CC(=O)C(C)(Br)CBr. The highest BCUT2D eigenvalue weighted by Crippen LogP contribution is 2.20. The molecule has 0 saturated carbocycles. The Kier molecular flexibility index (Phi) is 3.20. The molecule has 1 nitrogen and oxygen atoms in total. The number of ketones is 1. The van der Waals surface area contributed by atoms with Gasteiger partial charge in [0.1, 0.15) is 5.78 Å². The van der Waals surface area contributed by atoms with Gasteiger partial charge < -0.3 is 0 Å². The van der Waals surface area contributed by atoms with Crippen LogP contribution in [0.1, 0.15) is 13.8 Å². The van der Waals surface area contributed by atoms with E-state index in [4.69, 9.17) is 0 Å². The van der Waals surface area contributed by atoms with Crippen molar-refractivity contribution in [2.24, 2.45) is 0 Å². The Hall–Kier alpha value is 0.630. The van der Waals surface area contributed by atoms with E-state index in [9.17, 15) is 4.79 Å². The van der Waals surface area contributed by atoms with Crippen molar-refractivity contribution in [3.8, 4) is 0 Å². The molecule has 0 aromatic carbocycles. The van der Waals surface area contributed by atoms with Crippen LogP contribution >= 0.6 is 31.9 Å². The van der Waals surface area contributed by atoms with E-state index in [1.807, 2.05) is 6.92 Å². The van der Waals surface area contributed by atoms with Crippen molar-refractivity contribution in [2.45, 2.75) is 18.2 Å². The van der Waals surface area contributed by atoms with Gasteiger partial charge in [-0.1, -0.05) is 31.9 Å². The smallest absolute Gasteiger partial charge is 0.147 e. The number of Topliss-reactive ketones (excluding diaryl/α,β-unsaturated/α-hetero) is 1. The predicted octanol–water partition coefficient (Wildman–Crippen LogP) is 2.12. The van der Waals surface area contributed by atoms with Crippen LogP contribution in [0.4, 0.5) is 0 Å². The number of hydrogen-bond donors (Lipinski definition) is 0. The third-order valence-electron chi connectivity index (χ3n) is 0.985. The van der Waals surface area contributed by atoms with Gasteiger partial charge in [0.25, 0.3) is 0 Å². The predicted molar refractivity (Wildman–Crippen MR) is 41.8 cm³/mol. The molecule has 0 aromatic rings. The maximum atomic E-state index is 10.6. The fraction of sp³-hybridized carbons (Fsp3) is 0.800. The lowest BCUT2D eigenvalue weighted by atomic mass is 10.1. The Labute approximate surface area is 66.1 Å².